The number of para-hydroxylation sites is 2. The summed E-state index contributed by atoms with van der Waals surface area (Å²) in [5, 5.41) is 0.0426. The third kappa shape index (κ3) is 3.79. The molecule has 1 atom stereocenters. The van der Waals surface area contributed by atoms with Gasteiger partial charge in [0.1, 0.15) is 5.75 Å². The van der Waals surface area contributed by atoms with Crippen molar-refractivity contribution in [2.75, 3.05) is 11.4 Å². The molecular weight excluding hydrogens is 322 g/mol. The van der Waals surface area contributed by atoms with Gasteiger partial charge in [-0.3, -0.25) is 9.59 Å². The van der Waals surface area contributed by atoms with Crippen molar-refractivity contribution in [2.24, 2.45) is 0 Å². The Bertz CT molecular complexity index is 775. The smallest absolute Gasteiger partial charge is 0.228 e. The first-order valence-electron chi connectivity index (χ1n) is 7.84. The van der Waals surface area contributed by atoms with E-state index in [1.165, 1.54) is 18.7 Å². The zero-order valence-corrected chi connectivity index (χ0v) is 14.5. The number of carbonyl (C=O) groups is 2. The number of thioether (sulfide) groups is 1. The molecule has 1 saturated heterocycles. The largest absolute Gasteiger partial charge is 0.455 e. The number of carbonyl (C=O) groups excluding carboxylic acids is 2. The van der Waals surface area contributed by atoms with Gasteiger partial charge in [-0.1, -0.05) is 36.0 Å². The Hall–Kier alpha value is -2.27. The van der Waals surface area contributed by atoms with Crippen LogP contribution in [0.2, 0.25) is 0 Å². The molecule has 0 aromatic heterocycles. The Balaban J connectivity index is 1.84. The fraction of sp³-hybridized carbons (Fsp3) is 0.263. The highest BCUT2D eigenvalue weighted by Gasteiger charge is 2.33. The quantitative estimate of drug-likeness (QED) is 0.837. The maximum atomic E-state index is 12.4. The molecule has 5 heteroatoms. The molecule has 4 nitrogen and oxygen atoms in total. The fourth-order valence-electron chi connectivity index (χ4n) is 2.79. The predicted octanol–water partition coefficient (Wildman–Crippen LogP) is 4.17. The number of anilines is 1. The van der Waals surface area contributed by atoms with Crippen LogP contribution in [0.1, 0.15) is 18.9 Å². The molecule has 1 unspecified atom stereocenters. The van der Waals surface area contributed by atoms with E-state index < -0.39 is 0 Å². The van der Waals surface area contributed by atoms with E-state index in [1.54, 1.807) is 4.90 Å². The van der Waals surface area contributed by atoms with E-state index in [9.17, 15) is 9.59 Å². The third-order valence-corrected chi connectivity index (χ3v) is 4.78. The standard InChI is InChI=1S/C19H19NO3S/c1-13-6-5-7-15(10-13)23-18-9-4-3-8-17(18)20-12-16(11-19(20)22)24-14(2)21/h3-10,16H,11-12H2,1-2H3. The number of aryl methyl sites for hydroxylation is 1. The van der Waals surface area contributed by atoms with Crippen LogP contribution in [-0.2, 0) is 9.59 Å². The Morgan fingerprint density at radius 2 is 2.00 bits per heavy atom. The molecule has 1 heterocycles. The number of nitrogens with zero attached hydrogens (tertiary/aromatic N) is 1. The molecule has 1 amide bonds. The monoisotopic (exact) mass is 341 g/mol. The minimum absolute atomic E-state index is 0.00188. The Morgan fingerprint density at radius 1 is 1.21 bits per heavy atom. The first kappa shape index (κ1) is 16.6. The lowest BCUT2D eigenvalue weighted by atomic mass is 10.2. The first-order chi connectivity index (χ1) is 11.5. The first-order valence-corrected chi connectivity index (χ1v) is 8.72. The summed E-state index contributed by atoms with van der Waals surface area (Å²) < 4.78 is 6.00. The van der Waals surface area contributed by atoms with Crippen molar-refractivity contribution in [3.63, 3.8) is 0 Å². The van der Waals surface area contributed by atoms with Gasteiger partial charge in [-0.15, -0.1) is 0 Å². The van der Waals surface area contributed by atoms with Crippen LogP contribution in [0.15, 0.2) is 48.5 Å². The Kier molecular flexibility index (Phi) is 4.90. The molecule has 1 aliphatic heterocycles. The van der Waals surface area contributed by atoms with Gasteiger partial charge in [-0.05, 0) is 36.8 Å². The minimum atomic E-state index is 0.00188. The summed E-state index contributed by atoms with van der Waals surface area (Å²) in [6.07, 6.45) is 0.378. The SMILES string of the molecule is CC(=O)SC1CC(=O)N(c2ccccc2Oc2cccc(C)c2)C1. The second kappa shape index (κ2) is 7.09. The highest BCUT2D eigenvalue weighted by atomic mass is 32.2. The normalized spacial score (nSPS) is 17.2. The van der Waals surface area contributed by atoms with Gasteiger partial charge in [0.25, 0.3) is 0 Å². The van der Waals surface area contributed by atoms with Gasteiger partial charge >= 0.3 is 0 Å². The van der Waals surface area contributed by atoms with Gasteiger partial charge in [0.05, 0.1) is 5.69 Å². The molecule has 0 bridgehead atoms. The molecule has 124 valence electrons. The topological polar surface area (TPSA) is 46.6 Å². The molecule has 1 fully saturated rings. The minimum Gasteiger partial charge on any atom is -0.455 e. The summed E-state index contributed by atoms with van der Waals surface area (Å²) >= 11 is 1.23. The zero-order valence-electron chi connectivity index (χ0n) is 13.7. The van der Waals surface area contributed by atoms with Gasteiger partial charge in [0.2, 0.25) is 5.91 Å². The molecule has 3 rings (SSSR count). The third-order valence-electron chi connectivity index (χ3n) is 3.80. The summed E-state index contributed by atoms with van der Waals surface area (Å²) in [6, 6.07) is 15.3. The van der Waals surface area contributed by atoms with Crippen molar-refractivity contribution in [1.82, 2.24) is 0 Å². The maximum absolute atomic E-state index is 12.4. The van der Waals surface area contributed by atoms with E-state index in [1.807, 2.05) is 55.5 Å². The molecule has 2 aromatic carbocycles. The highest BCUT2D eigenvalue weighted by Crippen LogP contribution is 2.36. The molecular formula is C19H19NO3S. The van der Waals surface area contributed by atoms with E-state index in [0.717, 1.165) is 17.0 Å². The molecule has 2 aromatic rings. The average Bonchev–Trinajstić information content (AvgIpc) is 2.87. The van der Waals surface area contributed by atoms with E-state index >= 15 is 0 Å². The van der Waals surface area contributed by atoms with Crippen molar-refractivity contribution in [3.8, 4) is 11.5 Å². The van der Waals surface area contributed by atoms with Crippen LogP contribution in [0.3, 0.4) is 0 Å². The van der Waals surface area contributed by atoms with E-state index in [-0.39, 0.29) is 16.3 Å². The number of hydrogen-bond donors (Lipinski definition) is 0. The molecule has 0 N–H and O–H groups in total. The lowest BCUT2D eigenvalue weighted by Gasteiger charge is -2.20. The zero-order chi connectivity index (χ0) is 17.1. The molecule has 1 aliphatic rings. The van der Waals surface area contributed by atoms with Crippen molar-refractivity contribution >= 4 is 28.5 Å². The lowest BCUT2D eigenvalue weighted by Crippen LogP contribution is -2.25. The van der Waals surface area contributed by atoms with Crippen molar-refractivity contribution in [3.05, 3.63) is 54.1 Å². The highest BCUT2D eigenvalue weighted by molar-refractivity contribution is 8.14. The summed E-state index contributed by atoms with van der Waals surface area (Å²) in [7, 11) is 0. The van der Waals surface area contributed by atoms with Crippen LogP contribution in [0, 0.1) is 6.92 Å². The van der Waals surface area contributed by atoms with Crippen LogP contribution in [0.5, 0.6) is 11.5 Å². The number of amides is 1. The van der Waals surface area contributed by atoms with E-state index in [4.69, 9.17) is 4.74 Å². The van der Waals surface area contributed by atoms with Crippen LogP contribution in [-0.4, -0.2) is 22.8 Å². The van der Waals surface area contributed by atoms with Crippen LogP contribution in [0.4, 0.5) is 5.69 Å². The van der Waals surface area contributed by atoms with Crippen molar-refractivity contribution in [1.29, 1.82) is 0 Å². The lowest BCUT2D eigenvalue weighted by molar-refractivity contribution is -0.117. The average molecular weight is 341 g/mol. The summed E-state index contributed by atoms with van der Waals surface area (Å²) in [6.45, 7) is 4.07. The van der Waals surface area contributed by atoms with Gasteiger partial charge in [0, 0.05) is 25.1 Å². The number of benzene rings is 2. The second-order valence-electron chi connectivity index (χ2n) is 5.83. The van der Waals surface area contributed by atoms with Gasteiger partial charge < -0.3 is 9.64 Å². The van der Waals surface area contributed by atoms with E-state index in [2.05, 4.69) is 0 Å². The van der Waals surface area contributed by atoms with E-state index in [0.29, 0.717) is 18.7 Å². The molecule has 0 spiro atoms. The molecule has 0 aliphatic carbocycles. The van der Waals surface area contributed by atoms with Gasteiger partial charge in [0.15, 0.2) is 10.9 Å². The molecule has 0 saturated carbocycles. The number of rotatable bonds is 4. The van der Waals surface area contributed by atoms with Gasteiger partial charge in [-0.25, -0.2) is 0 Å². The van der Waals surface area contributed by atoms with Crippen molar-refractivity contribution < 1.29 is 14.3 Å². The van der Waals surface area contributed by atoms with Crippen LogP contribution < -0.4 is 9.64 Å². The van der Waals surface area contributed by atoms with Crippen LogP contribution in [0.25, 0.3) is 0 Å². The predicted molar refractivity (Wildman–Crippen MR) is 96.7 cm³/mol. The number of ether oxygens (including phenoxy) is 1. The number of hydrogen-bond acceptors (Lipinski definition) is 4. The maximum Gasteiger partial charge on any atom is 0.228 e. The summed E-state index contributed by atoms with van der Waals surface area (Å²) in [4.78, 5) is 25.4. The molecule has 0 radical (unpaired) electrons. The molecule has 24 heavy (non-hydrogen) atoms. The second-order valence-corrected chi connectivity index (χ2v) is 7.30. The Labute approximate surface area is 145 Å². The summed E-state index contributed by atoms with van der Waals surface area (Å²) in [5.41, 5.74) is 1.86. The van der Waals surface area contributed by atoms with Crippen molar-refractivity contribution in [2.45, 2.75) is 25.5 Å². The Morgan fingerprint density at radius 3 is 2.75 bits per heavy atom. The van der Waals surface area contributed by atoms with Crippen LogP contribution >= 0.6 is 11.8 Å². The van der Waals surface area contributed by atoms with Gasteiger partial charge in [-0.2, -0.15) is 0 Å². The summed E-state index contributed by atoms with van der Waals surface area (Å²) in [5.74, 6) is 1.41. The fourth-order valence-corrected chi connectivity index (χ4v) is 3.71.